The van der Waals surface area contributed by atoms with Crippen LogP contribution in [0.5, 0.6) is 0 Å². The number of hydrogen-bond acceptors (Lipinski definition) is 3. The van der Waals surface area contributed by atoms with Crippen LogP contribution in [-0.4, -0.2) is 49.3 Å². The fourth-order valence-electron chi connectivity index (χ4n) is 3.39. The van der Waals surface area contributed by atoms with Gasteiger partial charge in [0.1, 0.15) is 0 Å². The highest BCUT2D eigenvalue weighted by Crippen LogP contribution is 2.36. The maximum atomic E-state index is 6.12. The first kappa shape index (κ1) is 10.1. The zero-order chi connectivity index (χ0) is 10.1. The molecule has 3 rings (SSSR count). The number of piperidine rings is 1. The largest absolute Gasteiger partial charge is 0.373 e. The molecule has 0 bridgehead atoms. The summed E-state index contributed by atoms with van der Waals surface area (Å²) in [5.41, 5.74) is 0.249. The molecule has 0 amide bonds. The summed E-state index contributed by atoms with van der Waals surface area (Å²) in [5.74, 6) is 0. The van der Waals surface area contributed by atoms with Crippen molar-refractivity contribution in [2.24, 2.45) is 0 Å². The topological polar surface area (TPSA) is 24.5 Å². The first-order valence-electron chi connectivity index (χ1n) is 6.47. The molecule has 0 aromatic carbocycles. The predicted molar refractivity (Wildman–Crippen MR) is 60.0 cm³/mol. The van der Waals surface area contributed by atoms with Crippen LogP contribution in [0.2, 0.25) is 0 Å². The molecule has 3 fully saturated rings. The smallest absolute Gasteiger partial charge is 0.0723 e. The van der Waals surface area contributed by atoms with Crippen LogP contribution in [-0.2, 0) is 4.74 Å². The van der Waals surface area contributed by atoms with Gasteiger partial charge in [0.15, 0.2) is 0 Å². The molecule has 3 heterocycles. The Morgan fingerprint density at radius 2 is 1.87 bits per heavy atom. The van der Waals surface area contributed by atoms with Crippen molar-refractivity contribution in [1.82, 2.24) is 10.2 Å². The van der Waals surface area contributed by atoms with Gasteiger partial charge in [-0.2, -0.15) is 0 Å². The van der Waals surface area contributed by atoms with Crippen molar-refractivity contribution in [2.45, 2.75) is 43.7 Å². The minimum atomic E-state index is 0.249. The average molecular weight is 210 g/mol. The Morgan fingerprint density at radius 1 is 1.13 bits per heavy atom. The second kappa shape index (κ2) is 4.04. The third-order valence-corrected chi connectivity index (χ3v) is 4.36. The first-order valence-corrected chi connectivity index (χ1v) is 6.47. The van der Waals surface area contributed by atoms with E-state index in [0.717, 1.165) is 25.7 Å². The highest BCUT2D eigenvalue weighted by Gasteiger charge is 2.43. The standard InChI is InChI=1S/C12H22N2O/c1-2-8-14(7-1)11-9-12(15-10-11)3-5-13-6-4-12/h11,13H,1-10H2/t11-/m0/s1. The van der Waals surface area contributed by atoms with Crippen LogP contribution in [0, 0.1) is 0 Å². The van der Waals surface area contributed by atoms with Gasteiger partial charge in [-0.3, -0.25) is 4.90 Å². The minimum absolute atomic E-state index is 0.249. The third-order valence-electron chi connectivity index (χ3n) is 4.36. The van der Waals surface area contributed by atoms with Gasteiger partial charge >= 0.3 is 0 Å². The van der Waals surface area contributed by atoms with E-state index in [1.165, 1.54) is 45.2 Å². The van der Waals surface area contributed by atoms with Gasteiger partial charge in [0.2, 0.25) is 0 Å². The zero-order valence-electron chi connectivity index (χ0n) is 9.50. The molecule has 3 aliphatic heterocycles. The molecule has 0 aliphatic carbocycles. The maximum absolute atomic E-state index is 6.12. The van der Waals surface area contributed by atoms with E-state index in [2.05, 4.69) is 10.2 Å². The fourth-order valence-corrected chi connectivity index (χ4v) is 3.39. The predicted octanol–water partition coefficient (Wildman–Crippen LogP) is 0.993. The average Bonchev–Trinajstić information content (AvgIpc) is 2.88. The molecule has 0 unspecified atom stereocenters. The Kier molecular flexibility index (Phi) is 2.71. The van der Waals surface area contributed by atoms with Crippen LogP contribution < -0.4 is 5.32 Å². The quantitative estimate of drug-likeness (QED) is 0.698. The molecule has 3 aliphatic rings. The molecule has 3 nitrogen and oxygen atoms in total. The highest BCUT2D eigenvalue weighted by molar-refractivity contribution is 4.96. The molecule has 0 saturated carbocycles. The van der Waals surface area contributed by atoms with Gasteiger partial charge in [0.05, 0.1) is 12.2 Å². The van der Waals surface area contributed by atoms with Gasteiger partial charge in [-0.1, -0.05) is 0 Å². The minimum Gasteiger partial charge on any atom is -0.373 e. The van der Waals surface area contributed by atoms with Gasteiger partial charge in [0.25, 0.3) is 0 Å². The van der Waals surface area contributed by atoms with Crippen LogP contribution in [0.15, 0.2) is 0 Å². The molecule has 0 aromatic heterocycles. The lowest BCUT2D eigenvalue weighted by Gasteiger charge is -2.33. The normalized spacial score (nSPS) is 36.4. The third kappa shape index (κ3) is 1.93. The first-order chi connectivity index (χ1) is 7.38. The molecule has 3 heteroatoms. The summed E-state index contributed by atoms with van der Waals surface area (Å²) in [6.07, 6.45) is 6.51. The number of nitrogens with zero attached hydrogens (tertiary/aromatic N) is 1. The lowest BCUT2D eigenvalue weighted by molar-refractivity contribution is -0.0200. The summed E-state index contributed by atoms with van der Waals surface area (Å²) in [6.45, 7) is 5.89. The number of likely N-dealkylation sites (tertiary alicyclic amines) is 1. The lowest BCUT2D eigenvalue weighted by Crippen LogP contribution is -2.42. The Hall–Kier alpha value is -0.120. The van der Waals surface area contributed by atoms with Crippen molar-refractivity contribution in [3.05, 3.63) is 0 Å². The molecule has 0 radical (unpaired) electrons. The summed E-state index contributed by atoms with van der Waals surface area (Å²) >= 11 is 0. The zero-order valence-corrected chi connectivity index (χ0v) is 9.50. The Balaban J connectivity index is 1.61. The van der Waals surface area contributed by atoms with Crippen LogP contribution in [0.1, 0.15) is 32.1 Å². The van der Waals surface area contributed by atoms with Crippen LogP contribution >= 0.6 is 0 Å². The van der Waals surface area contributed by atoms with E-state index < -0.39 is 0 Å². The van der Waals surface area contributed by atoms with Gasteiger partial charge in [-0.25, -0.2) is 0 Å². The number of nitrogens with one attached hydrogen (secondary N) is 1. The highest BCUT2D eigenvalue weighted by atomic mass is 16.5. The van der Waals surface area contributed by atoms with Crippen molar-refractivity contribution < 1.29 is 4.74 Å². The molecule has 1 N–H and O–H groups in total. The van der Waals surface area contributed by atoms with Crippen molar-refractivity contribution in [3.8, 4) is 0 Å². The lowest BCUT2D eigenvalue weighted by atomic mass is 9.88. The summed E-state index contributed by atoms with van der Waals surface area (Å²) in [7, 11) is 0. The summed E-state index contributed by atoms with van der Waals surface area (Å²) in [4.78, 5) is 2.65. The maximum Gasteiger partial charge on any atom is 0.0723 e. The molecule has 1 spiro atoms. The molecule has 86 valence electrons. The van der Waals surface area contributed by atoms with Gasteiger partial charge in [-0.15, -0.1) is 0 Å². The van der Waals surface area contributed by atoms with E-state index >= 15 is 0 Å². The van der Waals surface area contributed by atoms with Crippen molar-refractivity contribution in [1.29, 1.82) is 0 Å². The van der Waals surface area contributed by atoms with E-state index in [1.54, 1.807) is 0 Å². The van der Waals surface area contributed by atoms with E-state index in [4.69, 9.17) is 4.74 Å². The van der Waals surface area contributed by atoms with Crippen LogP contribution in [0.3, 0.4) is 0 Å². The van der Waals surface area contributed by atoms with Crippen molar-refractivity contribution in [3.63, 3.8) is 0 Å². The van der Waals surface area contributed by atoms with E-state index in [9.17, 15) is 0 Å². The Bertz CT molecular complexity index is 220. The van der Waals surface area contributed by atoms with Crippen LogP contribution in [0.25, 0.3) is 0 Å². The number of ether oxygens (including phenoxy) is 1. The van der Waals surface area contributed by atoms with E-state index in [0.29, 0.717) is 0 Å². The van der Waals surface area contributed by atoms with Gasteiger partial charge in [-0.05, 0) is 58.3 Å². The molecule has 3 saturated heterocycles. The molecular formula is C12H22N2O. The second-order valence-electron chi connectivity index (χ2n) is 5.35. The molecular weight excluding hydrogens is 188 g/mol. The van der Waals surface area contributed by atoms with Crippen molar-refractivity contribution >= 4 is 0 Å². The van der Waals surface area contributed by atoms with E-state index in [-0.39, 0.29) is 5.60 Å². The summed E-state index contributed by atoms with van der Waals surface area (Å²) < 4.78 is 6.12. The number of rotatable bonds is 1. The molecule has 15 heavy (non-hydrogen) atoms. The summed E-state index contributed by atoms with van der Waals surface area (Å²) in [5, 5.41) is 3.43. The second-order valence-corrected chi connectivity index (χ2v) is 5.35. The van der Waals surface area contributed by atoms with Gasteiger partial charge < -0.3 is 10.1 Å². The number of hydrogen-bond donors (Lipinski definition) is 1. The molecule has 1 atom stereocenters. The van der Waals surface area contributed by atoms with Crippen LogP contribution in [0.4, 0.5) is 0 Å². The fraction of sp³-hybridized carbons (Fsp3) is 1.00. The monoisotopic (exact) mass is 210 g/mol. The SMILES string of the molecule is C1CCN([C@@H]2COC3(CCNCC3)C2)C1. The Labute approximate surface area is 92.2 Å². The summed E-state index contributed by atoms with van der Waals surface area (Å²) in [6, 6.07) is 0.727. The van der Waals surface area contributed by atoms with Gasteiger partial charge in [0, 0.05) is 6.04 Å². The van der Waals surface area contributed by atoms with E-state index in [1.807, 2.05) is 0 Å². The van der Waals surface area contributed by atoms with Crippen molar-refractivity contribution in [2.75, 3.05) is 32.8 Å². The Morgan fingerprint density at radius 3 is 2.60 bits per heavy atom. The molecule has 0 aromatic rings.